The van der Waals surface area contributed by atoms with Crippen molar-refractivity contribution in [1.82, 2.24) is 14.8 Å². The molecule has 0 unspecified atom stereocenters. The molecule has 0 bridgehead atoms. The van der Waals surface area contributed by atoms with Crippen molar-refractivity contribution >= 4 is 17.6 Å². The summed E-state index contributed by atoms with van der Waals surface area (Å²) in [5, 5.41) is 16.4. The standard InChI is InChI=1S/C14H18N4O2/c1-14(2,3)10-7-9(13(19)20)8-12(15-10)16-11-5-6-18(4)17-11/h5-8H,1-4H3,(H,19,20)(H,15,16,17). The molecule has 0 fully saturated rings. The molecule has 0 saturated carbocycles. The van der Waals surface area contributed by atoms with E-state index in [0.29, 0.717) is 11.6 Å². The van der Waals surface area contributed by atoms with Crippen LogP contribution >= 0.6 is 0 Å². The second-order valence-electron chi connectivity index (χ2n) is 5.68. The molecule has 0 radical (unpaired) electrons. The lowest BCUT2D eigenvalue weighted by Gasteiger charge is -2.19. The molecule has 0 spiro atoms. The Kier molecular flexibility index (Phi) is 3.48. The predicted octanol–water partition coefficient (Wildman–Crippen LogP) is 2.55. The molecule has 2 heterocycles. The van der Waals surface area contributed by atoms with Crippen LogP contribution < -0.4 is 5.32 Å². The van der Waals surface area contributed by atoms with Gasteiger partial charge in [0, 0.05) is 30.4 Å². The summed E-state index contributed by atoms with van der Waals surface area (Å²) in [7, 11) is 1.81. The van der Waals surface area contributed by atoms with Crippen molar-refractivity contribution in [3.05, 3.63) is 35.7 Å². The summed E-state index contributed by atoms with van der Waals surface area (Å²) in [6.07, 6.45) is 1.80. The van der Waals surface area contributed by atoms with Gasteiger partial charge in [-0.15, -0.1) is 0 Å². The summed E-state index contributed by atoms with van der Waals surface area (Å²) in [5.41, 5.74) is 0.700. The van der Waals surface area contributed by atoms with Crippen molar-refractivity contribution in [2.75, 3.05) is 5.32 Å². The first-order chi connectivity index (χ1) is 9.25. The lowest BCUT2D eigenvalue weighted by atomic mass is 9.91. The molecule has 6 nitrogen and oxygen atoms in total. The van der Waals surface area contributed by atoms with Gasteiger partial charge in [0.2, 0.25) is 0 Å². The molecule has 0 aromatic carbocycles. The number of hydrogen-bond donors (Lipinski definition) is 2. The first-order valence-electron chi connectivity index (χ1n) is 6.28. The Labute approximate surface area is 117 Å². The summed E-state index contributed by atoms with van der Waals surface area (Å²) in [4.78, 5) is 15.7. The molecule has 106 valence electrons. The van der Waals surface area contributed by atoms with Crippen molar-refractivity contribution in [3.8, 4) is 0 Å². The number of nitrogens with zero attached hydrogens (tertiary/aromatic N) is 3. The number of carbonyl (C=O) groups is 1. The average molecular weight is 274 g/mol. The van der Waals surface area contributed by atoms with Gasteiger partial charge >= 0.3 is 5.97 Å². The smallest absolute Gasteiger partial charge is 0.335 e. The van der Waals surface area contributed by atoms with Crippen molar-refractivity contribution in [2.45, 2.75) is 26.2 Å². The van der Waals surface area contributed by atoms with Crippen LogP contribution in [0.5, 0.6) is 0 Å². The number of aromatic carboxylic acids is 1. The maximum absolute atomic E-state index is 11.2. The van der Waals surface area contributed by atoms with Crippen LogP contribution in [0.3, 0.4) is 0 Å². The zero-order valence-electron chi connectivity index (χ0n) is 12.0. The first kappa shape index (κ1) is 14.0. The van der Waals surface area contributed by atoms with Crippen molar-refractivity contribution in [2.24, 2.45) is 7.05 Å². The molecule has 2 aromatic heterocycles. The van der Waals surface area contributed by atoms with Crippen LogP contribution in [0.2, 0.25) is 0 Å². The second kappa shape index (κ2) is 4.96. The Bertz CT molecular complexity index is 641. The quantitative estimate of drug-likeness (QED) is 0.899. The third-order valence-electron chi connectivity index (χ3n) is 2.81. The summed E-state index contributed by atoms with van der Waals surface area (Å²) in [6.45, 7) is 5.97. The van der Waals surface area contributed by atoms with Crippen LogP contribution in [0.25, 0.3) is 0 Å². The fourth-order valence-electron chi connectivity index (χ4n) is 1.72. The number of carboxylic acids is 1. The largest absolute Gasteiger partial charge is 0.478 e. The zero-order chi connectivity index (χ0) is 14.9. The van der Waals surface area contributed by atoms with Crippen LogP contribution in [-0.2, 0) is 12.5 Å². The van der Waals surface area contributed by atoms with Crippen molar-refractivity contribution < 1.29 is 9.90 Å². The highest BCUT2D eigenvalue weighted by molar-refractivity contribution is 5.88. The van der Waals surface area contributed by atoms with E-state index in [9.17, 15) is 9.90 Å². The number of carboxylic acid groups (broad SMARTS) is 1. The van der Waals surface area contributed by atoms with Crippen LogP contribution in [0.1, 0.15) is 36.8 Å². The van der Waals surface area contributed by atoms with E-state index in [1.165, 1.54) is 6.07 Å². The van der Waals surface area contributed by atoms with Gasteiger partial charge in [-0.2, -0.15) is 5.10 Å². The molecule has 2 N–H and O–H groups in total. The van der Waals surface area contributed by atoms with Gasteiger partial charge in [0.15, 0.2) is 5.82 Å². The van der Waals surface area contributed by atoms with Crippen LogP contribution in [0.15, 0.2) is 24.4 Å². The van der Waals surface area contributed by atoms with Crippen molar-refractivity contribution in [1.29, 1.82) is 0 Å². The van der Waals surface area contributed by atoms with Gasteiger partial charge in [0.1, 0.15) is 5.82 Å². The molecule has 2 rings (SSSR count). The molecular weight excluding hydrogens is 256 g/mol. The maximum Gasteiger partial charge on any atom is 0.335 e. The molecule has 0 aliphatic heterocycles. The van der Waals surface area contributed by atoms with E-state index in [0.717, 1.165) is 5.69 Å². The number of rotatable bonds is 3. The molecule has 0 atom stereocenters. The minimum absolute atomic E-state index is 0.211. The highest BCUT2D eigenvalue weighted by atomic mass is 16.4. The predicted molar refractivity (Wildman–Crippen MR) is 76.4 cm³/mol. The van der Waals surface area contributed by atoms with E-state index in [4.69, 9.17) is 0 Å². The van der Waals surface area contributed by atoms with E-state index in [-0.39, 0.29) is 11.0 Å². The van der Waals surface area contributed by atoms with E-state index >= 15 is 0 Å². The fraction of sp³-hybridized carbons (Fsp3) is 0.357. The lowest BCUT2D eigenvalue weighted by molar-refractivity contribution is 0.0696. The number of hydrogen-bond acceptors (Lipinski definition) is 4. The summed E-state index contributed by atoms with van der Waals surface area (Å²) in [5.74, 6) is 0.137. The van der Waals surface area contributed by atoms with Gasteiger partial charge in [-0.25, -0.2) is 9.78 Å². The monoisotopic (exact) mass is 274 g/mol. The lowest BCUT2D eigenvalue weighted by Crippen LogP contribution is -2.16. The number of aromatic nitrogens is 3. The van der Waals surface area contributed by atoms with E-state index < -0.39 is 5.97 Å². The van der Waals surface area contributed by atoms with Crippen LogP contribution in [0, 0.1) is 0 Å². The van der Waals surface area contributed by atoms with Crippen LogP contribution in [0.4, 0.5) is 11.6 Å². The van der Waals surface area contributed by atoms with Gasteiger partial charge in [0.05, 0.1) is 5.56 Å². The molecule has 6 heteroatoms. The molecular formula is C14H18N4O2. The normalized spacial score (nSPS) is 11.4. The van der Waals surface area contributed by atoms with Crippen molar-refractivity contribution in [3.63, 3.8) is 0 Å². The Morgan fingerprint density at radius 2 is 2.00 bits per heavy atom. The van der Waals surface area contributed by atoms with E-state index in [1.54, 1.807) is 23.0 Å². The van der Waals surface area contributed by atoms with Gasteiger partial charge in [0.25, 0.3) is 0 Å². The molecule has 0 aliphatic rings. The minimum atomic E-state index is -0.970. The summed E-state index contributed by atoms with van der Waals surface area (Å²) in [6, 6.07) is 4.91. The number of pyridine rings is 1. The Morgan fingerprint density at radius 3 is 2.50 bits per heavy atom. The molecule has 2 aromatic rings. The van der Waals surface area contributed by atoms with Gasteiger partial charge in [-0.05, 0) is 12.1 Å². The third-order valence-corrected chi connectivity index (χ3v) is 2.81. The van der Waals surface area contributed by atoms with E-state index in [1.807, 2.05) is 27.8 Å². The third kappa shape index (κ3) is 3.14. The Hall–Kier alpha value is -2.37. The highest BCUT2D eigenvalue weighted by Gasteiger charge is 2.19. The Balaban J connectivity index is 2.41. The first-order valence-corrected chi connectivity index (χ1v) is 6.28. The van der Waals surface area contributed by atoms with Crippen LogP contribution in [-0.4, -0.2) is 25.8 Å². The number of aryl methyl sites for hydroxylation is 1. The topological polar surface area (TPSA) is 80.0 Å². The number of anilines is 2. The fourth-order valence-corrected chi connectivity index (χ4v) is 1.72. The van der Waals surface area contributed by atoms with E-state index in [2.05, 4.69) is 15.4 Å². The molecule has 0 aliphatic carbocycles. The molecule has 0 amide bonds. The van der Waals surface area contributed by atoms with Gasteiger partial charge in [-0.3, -0.25) is 4.68 Å². The van der Waals surface area contributed by atoms with Gasteiger partial charge in [-0.1, -0.05) is 20.8 Å². The molecule has 0 saturated heterocycles. The SMILES string of the molecule is Cn1ccc(Nc2cc(C(=O)O)cc(C(C)(C)C)n2)n1. The highest BCUT2D eigenvalue weighted by Crippen LogP contribution is 2.24. The summed E-state index contributed by atoms with van der Waals surface area (Å²) >= 11 is 0. The maximum atomic E-state index is 11.2. The number of nitrogens with one attached hydrogen (secondary N) is 1. The second-order valence-corrected chi connectivity index (χ2v) is 5.68. The average Bonchev–Trinajstić information content (AvgIpc) is 2.73. The zero-order valence-corrected chi connectivity index (χ0v) is 12.0. The summed E-state index contributed by atoms with van der Waals surface area (Å²) < 4.78 is 1.66. The van der Waals surface area contributed by atoms with Gasteiger partial charge < -0.3 is 10.4 Å². The minimum Gasteiger partial charge on any atom is -0.478 e. The molecule has 20 heavy (non-hydrogen) atoms. The Morgan fingerprint density at radius 1 is 1.30 bits per heavy atom.